The average Bonchev–Trinajstić information content (AvgIpc) is 2.26. The zero-order valence-corrected chi connectivity index (χ0v) is 11.9. The lowest BCUT2D eigenvalue weighted by Gasteiger charge is -2.36. The quantitative estimate of drug-likeness (QED) is 0.669. The van der Waals surface area contributed by atoms with Gasteiger partial charge in [-0.25, -0.2) is 0 Å². The molecule has 0 N–H and O–H groups in total. The maximum Gasteiger partial charge on any atom is 0.306 e. The molecule has 0 aromatic rings. The zero-order chi connectivity index (χ0) is 12.9. The lowest BCUT2D eigenvalue weighted by Crippen LogP contribution is -2.30. The second-order valence-electron chi connectivity index (χ2n) is 6.30. The Balaban J connectivity index is 2.29. The third kappa shape index (κ3) is 5.10. The van der Waals surface area contributed by atoms with Gasteiger partial charge in [-0.2, -0.15) is 0 Å². The van der Waals surface area contributed by atoms with Crippen molar-refractivity contribution < 1.29 is 9.53 Å². The monoisotopic (exact) mass is 240 g/mol. The molecule has 1 aliphatic rings. The van der Waals surface area contributed by atoms with Gasteiger partial charge in [-0.15, -0.1) is 0 Å². The minimum absolute atomic E-state index is 0.0100. The summed E-state index contributed by atoms with van der Waals surface area (Å²) >= 11 is 0. The molecular weight excluding hydrogens is 212 g/mol. The highest BCUT2D eigenvalue weighted by Gasteiger charge is 2.30. The highest BCUT2D eigenvalue weighted by molar-refractivity contribution is 5.69. The van der Waals surface area contributed by atoms with Crippen molar-refractivity contribution in [1.82, 2.24) is 0 Å². The highest BCUT2D eigenvalue weighted by atomic mass is 16.5. The molecule has 17 heavy (non-hydrogen) atoms. The van der Waals surface area contributed by atoms with Crippen LogP contribution in [0.4, 0.5) is 0 Å². The number of rotatable bonds is 5. The molecular formula is C15H28O2. The molecule has 0 saturated heterocycles. The summed E-state index contributed by atoms with van der Waals surface area (Å²) in [7, 11) is 0. The van der Waals surface area contributed by atoms with Gasteiger partial charge >= 0.3 is 5.97 Å². The summed E-state index contributed by atoms with van der Waals surface area (Å²) in [4.78, 5) is 11.6. The van der Waals surface area contributed by atoms with Crippen molar-refractivity contribution in [2.24, 2.45) is 11.3 Å². The van der Waals surface area contributed by atoms with Crippen LogP contribution in [-0.4, -0.2) is 12.1 Å². The lowest BCUT2D eigenvalue weighted by atomic mass is 9.72. The topological polar surface area (TPSA) is 26.3 Å². The van der Waals surface area contributed by atoms with Crippen molar-refractivity contribution in [3.8, 4) is 0 Å². The van der Waals surface area contributed by atoms with Crippen LogP contribution in [0.15, 0.2) is 0 Å². The van der Waals surface area contributed by atoms with Crippen LogP contribution in [0, 0.1) is 11.3 Å². The largest absolute Gasteiger partial charge is 0.462 e. The normalized spacial score (nSPS) is 22.1. The summed E-state index contributed by atoms with van der Waals surface area (Å²) in [6, 6.07) is 0. The van der Waals surface area contributed by atoms with E-state index in [4.69, 9.17) is 4.74 Å². The molecule has 100 valence electrons. The molecule has 0 radical (unpaired) electrons. The Kier molecular flexibility index (Phi) is 5.48. The van der Waals surface area contributed by atoms with E-state index in [1.54, 1.807) is 0 Å². The van der Waals surface area contributed by atoms with Crippen LogP contribution in [-0.2, 0) is 9.53 Å². The van der Waals surface area contributed by atoms with E-state index in [0.717, 1.165) is 12.8 Å². The first-order chi connectivity index (χ1) is 7.94. The molecule has 0 heterocycles. The van der Waals surface area contributed by atoms with E-state index in [-0.39, 0.29) is 12.1 Å². The fourth-order valence-electron chi connectivity index (χ4n) is 2.57. The first-order valence-electron chi connectivity index (χ1n) is 7.14. The molecule has 1 fully saturated rings. The fraction of sp³-hybridized carbons (Fsp3) is 0.933. The molecule has 1 atom stereocenters. The van der Waals surface area contributed by atoms with Gasteiger partial charge in [-0.1, -0.05) is 27.2 Å². The maximum atomic E-state index is 11.6. The molecule has 0 aromatic heterocycles. The van der Waals surface area contributed by atoms with Gasteiger partial charge in [-0.05, 0) is 50.4 Å². The molecule has 2 heteroatoms. The van der Waals surface area contributed by atoms with Crippen LogP contribution >= 0.6 is 0 Å². The smallest absolute Gasteiger partial charge is 0.306 e. The van der Waals surface area contributed by atoms with Crippen LogP contribution in [0.3, 0.4) is 0 Å². The molecule has 0 aliphatic heterocycles. The van der Waals surface area contributed by atoms with Crippen molar-refractivity contribution >= 4 is 5.97 Å². The third-order valence-electron chi connectivity index (χ3n) is 4.10. The molecule has 0 aromatic carbocycles. The number of esters is 1. The standard InChI is InChI=1S/C15H28O2/c1-5-6-7-14(16)17-12(2)13-8-10-15(3,4)11-9-13/h12-13H,5-11H2,1-4H3. The molecule has 0 spiro atoms. The SMILES string of the molecule is CCCCC(=O)OC(C)C1CCC(C)(C)CC1. The minimum Gasteiger partial charge on any atom is -0.462 e. The molecule has 1 aliphatic carbocycles. The van der Waals surface area contributed by atoms with Gasteiger partial charge in [0.2, 0.25) is 0 Å². The van der Waals surface area contributed by atoms with Gasteiger partial charge in [0.1, 0.15) is 6.10 Å². The molecule has 1 saturated carbocycles. The van der Waals surface area contributed by atoms with Crippen LogP contribution in [0.25, 0.3) is 0 Å². The van der Waals surface area contributed by atoms with E-state index in [1.807, 2.05) is 0 Å². The first-order valence-corrected chi connectivity index (χ1v) is 7.14. The third-order valence-corrected chi connectivity index (χ3v) is 4.10. The van der Waals surface area contributed by atoms with Crippen LogP contribution in [0.2, 0.25) is 0 Å². The Morgan fingerprint density at radius 3 is 2.47 bits per heavy atom. The van der Waals surface area contributed by atoms with Crippen molar-refractivity contribution in [2.45, 2.75) is 78.7 Å². The number of ether oxygens (including phenoxy) is 1. The van der Waals surface area contributed by atoms with Crippen LogP contribution in [0.5, 0.6) is 0 Å². The summed E-state index contributed by atoms with van der Waals surface area (Å²) in [5.41, 5.74) is 0.489. The Morgan fingerprint density at radius 1 is 1.35 bits per heavy atom. The Labute approximate surface area is 106 Å². The summed E-state index contributed by atoms with van der Waals surface area (Å²) in [6.45, 7) is 8.83. The summed E-state index contributed by atoms with van der Waals surface area (Å²) in [5, 5.41) is 0. The zero-order valence-electron chi connectivity index (χ0n) is 11.9. The minimum atomic E-state index is -0.0100. The summed E-state index contributed by atoms with van der Waals surface area (Å²) < 4.78 is 5.52. The van der Waals surface area contributed by atoms with Gasteiger partial charge in [0.15, 0.2) is 0 Å². The second-order valence-corrected chi connectivity index (χ2v) is 6.30. The van der Waals surface area contributed by atoms with Crippen molar-refractivity contribution in [1.29, 1.82) is 0 Å². The number of unbranched alkanes of at least 4 members (excludes halogenated alkanes) is 1. The Morgan fingerprint density at radius 2 is 1.94 bits per heavy atom. The van der Waals surface area contributed by atoms with Gasteiger partial charge in [0, 0.05) is 6.42 Å². The Bertz CT molecular complexity index is 235. The van der Waals surface area contributed by atoms with Gasteiger partial charge in [0.05, 0.1) is 0 Å². The van der Waals surface area contributed by atoms with E-state index in [1.165, 1.54) is 25.7 Å². The van der Waals surface area contributed by atoms with Gasteiger partial charge in [0.25, 0.3) is 0 Å². The van der Waals surface area contributed by atoms with Crippen molar-refractivity contribution in [3.05, 3.63) is 0 Å². The van der Waals surface area contributed by atoms with Gasteiger partial charge < -0.3 is 4.74 Å². The lowest BCUT2D eigenvalue weighted by molar-refractivity contribution is -0.151. The number of carbonyl (C=O) groups excluding carboxylic acids is 1. The van der Waals surface area contributed by atoms with Crippen molar-refractivity contribution in [2.75, 3.05) is 0 Å². The molecule has 1 rings (SSSR count). The molecule has 0 amide bonds. The fourth-order valence-corrected chi connectivity index (χ4v) is 2.57. The molecule has 1 unspecified atom stereocenters. The second kappa shape index (κ2) is 6.42. The highest BCUT2D eigenvalue weighted by Crippen LogP contribution is 2.39. The maximum absolute atomic E-state index is 11.6. The Hall–Kier alpha value is -0.530. The summed E-state index contributed by atoms with van der Waals surface area (Å²) in [5.74, 6) is 0.567. The predicted octanol–water partition coefficient (Wildman–Crippen LogP) is 4.32. The molecule has 0 bridgehead atoms. The van der Waals surface area contributed by atoms with E-state index < -0.39 is 0 Å². The van der Waals surface area contributed by atoms with E-state index >= 15 is 0 Å². The number of carbonyl (C=O) groups is 1. The van der Waals surface area contributed by atoms with E-state index in [9.17, 15) is 4.79 Å². The molecule has 2 nitrogen and oxygen atoms in total. The van der Waals surface area contributed by atoms with E-state index in [0.29, 0.717) is 17.8 Å². The average molecular weight is 240 g/mol. The van der Waals surface area contributed by atoms with Crippen LogP contribution < -0.4 is 0 Å². The van der Waals surface area contributed by atoms with Crippen molar-refractivity contribution in [3.63, 3.8) is 0 Å². The van der Waals surface area contributed by atoms with E-state index in [2.05, 4.69) is 27.7 Å². The summed E-state index contributed by atoms with van der Waals surface area (Å²) in [6.07, 6.45) is 7.62. The number of hydrogen-bond donors (Lipinski definition) is 0. The van der Waals surface area contributed by atoms with Crippen LogP contribution in [0.1, 0.15) is 72.6 Å². The predicted molar refractivity (Wildman–Crippen MR) is 70.8 cm³/mol. The number of hydrogen-bond acceptors (Lipinski definition) is 2. The first kappa shape index (κ1) is 14.5. The van der Waals surface area contributed by atoms with Gasteiger partial charge in [-0.3, -0.25) is 4.79 Å².